The fourth-order valence-electron chi connectivity index (χ4n) is 1.01. The van der Waals surface area contributed by atoms with Crippen LogP contribution in [0.25, 0.3) is 0 Å². The minimum absolute atomic E-state index is 0.429. The minimum Gasteiger partial charge on any atom is -0.311 e. The summed E-state index contributed by atoms with van der Waals surface area (Å²) in [6, 6.07) is 0. The Balaban J connectivity index is 2.75. The molecule has 0 aliphatic carbocycles. The average Bonchev–Trinajstić information content (AvgIpc) is 2.58. The van der Waals surface area contributed by atoms with Crippen molar-refractivity contribution in [3.63, 3.8) is 0 Å². The molecule has 1 unspecified atom stereocenters. The highest BCUT2D eigenvalue weighted by Crippen LogP contribution is 2.25. The maximum absolute atomic E-state index is 10.2. The van der Waals surface area contributed by atoms with Gasteiger partial charge in [0.2, 0.25) is 0 Å². The van der Waals surface area contributed by atoms with Gasteiger partial charge in [-0.3, -0.25) is 0 Å². The molecule has 0 saturated carbocycles. The summed E-state index contributed by atoms with van der Waals surface area (Å²) in [5.74, 6) is 0. The first-order chi connectivity index (χ1) is 7.50. The molecule has 9 nitrogen and oxygen atoms in total. The SMILES string of the molecule is Cc1ncsc1C(CO[N+](=O)[O-])O[N+](=O)[O-]. The maximum atomic E-state index is 10.2. The third-order valence-electron chi connectivity index (χ3n) is 1.62. The zero-order valence-electron chi connectivity index (χ0n) is 8.06. The molecular weight excluding hydrogens is 242 g/mol. The van der Waals surface area contributed by atoms with Crippen LogP contribution in [0.2, 0.25) is 0 Å². The van der Waals surface area contributed by atoms with Crippen molar-refractivity contribution in [3.05, 3.63) is 36.3 Å². The van der Waals surface area contributed by atoms with E-state index in [1.54, 1.807) is 6.92 Å². The van der Waals surface area contributed by atoms with E-state index >= 15 is 0 Å². The fraction of sp³-hybridized carbons (Fsp3) is 0.500. The lowest BCUT2D eigenvalue weighted by atomic mass is 10.3. The van der Waals surface area contributed by atoms with Crippen molar-refractivity contribution in [2.24, 2.45) is 0 Å². The molecule has 88 valence electrons. The second-order valence-electron chi connectivity index (χ2n) is 2.64. The summed E-state index contributed by atoms with van der Waals surface area (Å²) in [5.41, 5.74) is 1.98. The van der Waals surface area contributed by atoms with E-state index in [-0.39, 0.29) is 0 Å². The highest BCUT2D eigenvalue weighted by atomic mass is 32.1. The molecule has 16 heavy (non-hydrogen) atoms. The number of hydrogen-bond acceptors (Lipinski definition) is 8. The number of rotatable bonds is 6. The van der Waals surface area contributed by atoms with E-state index in [0.717, 1.165) is 11.3 Å². The van der Waals surface area contributed by atoms with Crippen LogP contribution in [-0.4, -0.2) is 21.8 Å². The molecule has 0 aliphatic rings. The lowest BCUT2D eigenvalue weighted by Gasteiger charge is -2.12. The zero-order valence-corrected chi connectivity index (χ0v) is 8.88. The number of aryl methyl sites for hydroxylation is 1. The van der Waals surface area contributed by atoms with E-state index in [4.69, 9.17) is 0 Å². The van der Waals surface area contributed by atoms with Crippen molar-refractivity contribution in [1.82, 2.24) is 4.98 Å². The normalized spacial score (nSPS) is 11.8. The molecule has 0 bridgehead atoms. The molecule has 0 radical (unpaired) electrons. The van der Waals surface area contributed by atoms with Crippen molar-refractivity contribution >= 4 is 11.3 Å². The molecule has 0 saturated heterocycles. The van der Waals surface area contributed by atoms with Crippen LogP contribution in [0.3, 0.4) is 0 Å². The number of hydrogen-bond donors (Lipinski definition) is 0. The van der Waals surface area contributed by atoms with Crippen molar-refractivity contribution in [2.45, 2.75) is 13.0 Å². The van der Waals surface area contributed by atoms with Crippen LogP contribution in [0, 0.1) is 27.2 Å². The Kier molecular flexibility index (Phi) is 3.94. The second kappa shape index (κ2) is 5.21. The molecular formula is C6H7N3O6S. The van der Waals surface area contributed by atoms with Crippen LogP contribution in [-0.2, 0) is 9.68 Å². The van der Waals surface area contributed by atoms with Gasteiger partial charge in [0.1, 0.15) is 6.61 Å². The lowest BCUT2D eigenvalue weighted by molar-refractivity contribution is -0.792. The van der Waals surface area contributed by atoms with Gasteiger partial charge < -0.3 is 9.68 Å². The van der Waals surface area contributed by atoms with E-state index in [2.05, 4.69) is 14.7 Å². The first-order valence-electron chi connectivity index (χ1n) is 3.99. The topological polar surface area (TPSA) is 118 Å². The van der Waals surface area contributed by atoms with E-state index in [1.165, 1.54) is 5.51 Å². The van der Waals surface area contributed by atoms with Crippen molar-refractivity contribution < 1.29 is 19.8 Å². The molecule has 0 aliphatic heterocycles. The summed E-state index contributed by atoms with van der Waals surface area (Å²) in [4.78, 5) is 32.8. The van der Waals surface area contributed by atoms with Crippen LogP contribution < -0.4 is 0 Å². The Bertz CT molecular complexity index is 393. The van der Waals surface area contributed by atoms with Crippen LogP contribution in [0.4, 0.5) is 0 Å². The van der Waals surface area contributed by atoms with Crippen LogP contribution in [0.15, 0.2) is 5.51 Å². The summed E-state index contributed by atoms with van der Waals surface area (Å²) in [6.07, 6.45) is -1.13. The minimum atomic E-state index is -1.13. The second-order valence-corrected chi connectivity index (χ2v) is 3.53. The van der Waals surface area contributed by atoms with Gasteiger partial charge in [0, 0.05) is 0 Å². The molecule has 0 fully saturated rings. The van der Waals surface area contributed by atoms with E-state index in [9.17, 15) is 20.2 Å². The zero-order chi connectivity index (χ0) is 12.1. The molecule has 0 N–H and O–H groups in total. The Morgan fingerprint density at radius 3 is 2.62 bits per heavy atom. The van der Waals surface area contributed by atoms with Crippen molar-refractivity contribution in [1.29, 1.82) is 0 Å². The summed E-state index contributed by atoms with van der Waals surface area (Å²) < 4.78 is 0. The van der Waals surface area contributed by atoms with E-state index in [0.29, 0.717) is 10.6 Å². The van der Waals surface area contributed by atoms with Gasteiger partial charge in [-0.1, -0.05) is 0 Å². The van der Waals surface area contributed by atoms with Gasteiger partial charge in [0.15, 0.2) is 6.10 Å². The summed E-state index contributed by atoms with van der Waals surface area (Å²) >= 11 is 1.11. The molecule has 0 amide bonds. The van der Waals surface area contributed by atoms with Gasteiger partial charge in [0.05, 0.1) is 16.1 Å². The summed E-state index contributed by atoms with van der Waals surface area (Å²) in [7, 11) is 0. The summed E-state index contributed by atoms with van der Waals surface area (Å²) in [6.45, 7) is 1.07. The van der Waals surface area contributed by atoms with Gasteiger partial charge in [-0.15, -0.1) is 31.6 Å². The molecule has 10 heteroatoms. The highest BCUT2D eigenvalue weighted by molar-refractivity contribution is 7.09. The Hall–Kier alpha value is -1.97. The third kappa shape index (κ3) is 3.31. The van der Waals surface area contributed by atoms with Crippen molar-refractivity contribution in [2.75, 3.05) is 6.61 Å². The number of nitrogens with zero attached hydrogens (tertiary/aromatic N) is 3. The van der Waals surface area contributed by atoms with E-state index < -0.39 is 22.9 Å². The van der Waals surface area contributed by atoms with Gasteiger partial charge in [-0.05, 0) is 6.92 Å². The third-order valence-corrected chi connectivity index (χ3v) is 2.64. The largest absolute Gasteiger partial charge is 0.311 e. The fourth-order valence-corrected chi connectivity index (χ4v) is 1.82. The Morgan fingerprint density at radius 2 is 2.19 bits per heavy atom. The maximum Gasteiger partial charge on any atom is 0.295 e. The standard InChI is InChI=1S/C6H7N3O6S/c1-4-6(16-3-7-4)5(15-9(12)13)2-14-8(10)11/h3,5H,2H2,1H3. The molecule has 1 aromatic rings. The van der Waals surface area contributed by atoms with Crippen LogP contribution in [0.5, 0.6) is 0 Å². The van der Waals surface area contributed by atoms with Gasteiger partial charge in [0.25, 0.3) is 10.2 Å². The molecule has 1 rings (SSSR count). The lowest BCUT2D eigenvalue weighted by Crippen LogP contribution is -2.17. The van der Waals surface area contributed by atoms with Crippen LogP contribution >= 0.6 is 11.3 Å². The number of thiazole rings is 1. The predicted octanol–water partition coefficient (Wildman–Crippen LogP) is 0.909. The first-order valence-corrected chi connectivity index (χ1v) is 4.87. The Morgan fingerprint density at radius 1 is 1.50 bits per heavy atom. The smallest absolute Gasteiger partial charge is 0.295 e. The molecule has 0 spiro atoms. The predicted molar refractivity (Wildman–Crippen MR) is 50.6 cm³/mol. The van der Waals surface area contributed by atoms with Crippen LogP contribution in [0.1, 0.15) is 16.7 Å². The van der Waals surface area contributed by atoms with Gasteiger partial charge in [-0.25, -0.2) is 4.98 Å². The van der Waals surface area contributed by atoms with Gasteiger partial charge >= 0.3 is 0 Å². The molecule has 1 heterocycles. The van der Waals surface area contributed by atoms with Gasteiger partial charge in [-0.2, -0.15) is 0 Å². The van der Waals surface area contributed by atoms with E-state index in [1.807, 2.05) is 0 Å². The molecule has 0 aromatic carbocycles. The summed E-state index contributed by atoms with van der Waals surface area (Å²) in [5, 5.41) is 18.1. The highest BCUT2D eigenvalue weighted by Gasteiger charge is 2.21. The first kappa shape index (κ1) is 12.1. The number of aromatic nitrogens is 1. The monoisotopic (exact) mass is 249 g/mol. The molecule has 1 atom stereocenters. The molecule has 1 aromatic heterocycles. The quantitative estimate of drug-likeness (QED) is 0.543. The average molecular weight is 249 g/mol. The van der Waals surface area contributed by atoms with Crippen molar-refractivity contribution in [3.8, 4) is 0 Å². The Labute approximate surface area is 92.8 Å².